The molecule has 4 heterocycles. The van der Waals surface area contributed by atoms with Gasteiger partial charge in [0, 0.05) is 50.1 Å². The molecular weight excluding hydrogens is 382 g/mol. The van der Waals surface area contributed by atoms with E-state index in [4.69, 9.17) is 4.74 Å². The summed E-state index contributed by atoms with van der Waals surface area (Å²) in [5.74, 6) is 1.57. The topological polar surface area (TPSA) is 45.7 Å². The second kappa shape index (κ2) is 8.07. The predicted molar refractivity (Wildman–Crippen MR) is 114 cm³/mol. The van der Waals surface area contributed by atoms with Gasteiger partial charge in [-0.05, 0) is 43.7 Å². The maximum atomic E-state index is 12.9. The zero-order valence-electron chi connectivity index (χ0n) is 16.9. The van der Waals surface area contributed by atoms with E-state index in [9.17, 15) is 4.79 Å². The molecule has 2 fully saturated rings. The summed E-state index contributed by atoms with van der Waals surface area (Å²) in [5, 5.41) is 3.23. The van der Waals surface area contributed by atoms with Crippen molar-refractivity contribution in [1.29, 1.82) is 0 Å². The van der Waals surface area contributed by atoms with E-state index in [1.54, 1.807) is 11.3 Å². The van der Waals surface area contributed by atoms with Crippen molar-refractivity contribution in [2.75, 3.05) is 26.2 Å². The van der Waals surface area contributed by atoms with Crippen LogP contribution in [0.25, 0.3) is 0 Å². The van der Waals surface area contributed by atoms with Crippen molar-refractivity contribution < 1.29 is 9.53 Å². The van der Waals surface area contributed by atoms with Gasteiger partial charge in [0.25, 0.3) is 0 Å². The number of rotatable bonds is 4. The molecule has 0 aliphatic carbocycles. The molecule has 5 rings (SSSR count). The van der Waals surface area contributed by atoms with E-state index in [0.717, 1.165) is 70.6 Å². The third-order valence-electron chi connectivity index (χ3n) is 6.79. The van der Waals surface area contributed by atoms with Crippen LogP contribution in [0.1, 0.15) is 55.0 Å². The molecule has 1 aromatic heterocycles. The number of nitrogens with zero attached hydrogens (tertiary/aromatic N) is 3. The van der Waals surface area contributed by atoms with Gasteiger partial charge in [-0.1, -0.05) is 18.2 Å². The van der Waals surface area contributed by atoms with E-state index < -0.39 is 0 Å². The van der Waals surface area contributed by atoms with Crippen LogP contribution in [0, 0.1) is 0 Å². The first kappa shape index (κ1) is 19.1. The number of likely N-dealkylation sites (tertiary alicyclic amines) is 2. The summed E-state index contributed by atoms with van der Waals surface area (Å²) >= 11 is 1.73. The molecule has 3 aliphatic heterocycles. The van der Waals surface area contributed by atoms with Crippen LogP contribution in [-0.4, -0.2) is 52.5 Å². The van der Waals surface area contributed by atoms with Gasteiger partial charge in [-0.25, -0.2) is 4.98 Å². The molecule has 0 radical (unpaired) electrons. The van der Waals surface area contributed by atoms with Crippen molar-refractivity contribution in [3.05, 3.63) is 46.4 Å². The van der Waals surface area contributed by atoms with Crippen LogP contribution >= 0.6 is 11.3 Å². The maximum Gasteiger partial charge on any atom is 0.223 e. The van der Waals surface area contributed by atoms with Crippen LogP contribution in [0.5, 0.6) is 5.75 Å². The van der Waals surface area contributed by atoms with Crippen molar-refractivity contribution in [1.82, 2.24) is 14.8 Å². The molecule has 2 aromatic rings. The number of benzene rings is 1. The van der Waals surface area contributed by atoms with E-state index >= 15 is 0 Å². The van der Waals surface area contributed by atoms with E-state index in [2.05, 4.69) is 39.0 Å². The van der Waals surface area contributed by atoms with Crippen molar-refractivity contribution in [3.63, 3.8) is 0 Å². The van der Waals surface area contributed by atoms with Crippen LogP contribution < -0.4 is 4.74 Å². The number of thiazole rings is 1. The van der Waals surface area contributed by atoms with Crippen LogP contribution in [0.15, 0.2) is 35.8 Å². The first-order valence-electron chi connectivity index (χ1n) is 10.9. The quantitative estimate of drug-likeness (QED) is 0.761. The monoisotopic (exact) mass is 411 g/mol. The second-order valence-corrected chi connectivity index (χ2v) is 9.70. The average Bonchev–Trinajstić information content (AvgIpc) is 3.44. The van der Waals surface area contributed by atoms with Gasteiger partial charge < -0.3 is 9.64 Å². The van der Waals surface area contributed by atoms with Crippen LogP contribution in [0.4, 0.5) is 0 Å². The SMILES string of the molecule is O=C(CC1CC2(CCN(Cc3nccs3)CC2)Oc2ccccc21)N1CCCC1. The normalized spacial score (nSPS) is 23.7. The largest absolute Gasteiger partial charge is 0.487 e. The van der Waals surface area contributed by atoms with Crippen LogP contribution in [0.3, 0.4) is 0 Å². The lowest BCUT2D eigenvalue weighted by Gasteiger charge is -2.47. The number of para-hydroxylation sites is 1. The van der Waals surface area contributed by atoms with E-state index in [-0.39, 0.29) is 11.5 Å². The lowest BCUT2D eigenvalue weighted by Crippen LogP contribution is -2.50. The molecular formula is C23H29N3O2S. The molecule has 1 spiro atoms. The number of fused-ring (bicyclic) bond motifs is 1. The standard InChI is InChI=1S/C23H29N3O2S/c27-22(26-10-3-4-11-26)15-18-16-23(28-20-6-2-1-5-19(18)20)7-12-25(13-8-23)17-21-24-9-14-29-21/h1-2,5-6,9,14,18H,3-4,7-8,10-13,15-17H2. The highest BCUT2D eigenvalue weighted by molar-refractivity contribution is 7.09. The molecule has 5 nitrogen and oxygen atoms in total. The highest BCUT2D eigenvalue weighted by atomic mass is 32.1. The number of hydrogen-bond acceptors (Lipinski definition) is 5. The summed E-state index contributed by atoms with van der Waals surface area (Å²) in [4.78, 5) is 21.9. The Kier molecular flexibility index (Phi) is 5.31. The van der Waals surface area contributed by atoms with Gasteiger partial charge in [0.15, 0.2) is 0 Å². The summed E-state index contributed by atoms with van der Waals surface area (Å²) in [6.45, 7) is 4.84. The molecule has 1 unspecified atom stereocenters. The van der Waals surface area contributed by atoms with Gasteiger partial charge >= 0.3 is 0 Å². The minimum Gasteiger partial charge on any atom is -0.487 e. The predicted octanol–water partition coefficient (Wildman–Crippen LogP) is 4.06. The van der Waals surface area contributed by atoms with Gasteiger partial charge in [-0.2, -0.15) is 0 Å². The van der Waals surface area contributed by atoms with Crippen LogP contribution in [-0.2, 0) is 11.3 Å². The Labute approximate surface area is 176 Å². The van der Waals surface area contributed by atoms with Crippen molar-refractivity contribution in [3.8, 4) is 5.75 Å². The number of ether oxygens (including phenoxy) is 1. The zero-order chi connectivity index (χ0) is 19.7. The molecule has 6 heteroatoms. The number of carbonyl (C=O) groups excluding carboxylic acids is 1. The molecule has 0 saturated carbocycles. The van der Waals surface area contributed by atoms with Gasteiger partial charge in [0.05, 0.1) is 6.54 Å². The molecule has 1 atom stereocenters. The fourth-order valence-electron chi connectivity index (χ4n) is 5.18. The van der Waals surface area contributed by atoms with Gasteiger partial charge in [0.1, 0.15) is 16.4 Å². The molecule has 29 heavy (non-hydrogen) atoms. The summed E-state index contributed by atoms with van der Waals surface area (Å²) < 4.78 is 6.62. The number of amides is 1. The fraction of sp³-hybridized carbons (Fsp3) is 0.565. The Morgan fingerprint density at radius 1 is 1.17 bits per heavy atom. The average molecular weight is 412 g/mol. The Bertz CT molecular complexity index is 840. The molecule has 3 aliphatic rings. The van der Waals surface area contributed by atoms with Crippen molar-refractivity contribution in [2.45, 2.75) is 56.6 Å². The van der Waals surface area contributed by atoms with Crippen LogP contribution in [0.2, 0.25) is 0 Å². The number of piperidine rings is 1. The first-order chi connectivity index (χ1) is 14.2. The smallest absolute Gasteiger partial charge is 0.223 e. The van der Waals surface area contributed by atoms with Crippen molar-refractivity contribution in [2.24, 2.45) is 0 Å². The number of hydrogen-bond donors (Lipinski definition) is 0. The first-order valence-corrected chi connectivity index (χ1v) is 11.8. The highest BCUT2D eigenvalue weighted by Crippen LogP contribution is 2.46. The highest BCUT2D eigenvalue weighted by Gasteiger charge is 2.44. The molecule has 2 saturated heterocycles. The molecule has 1 amide bonds. The molecule has 1 aromatic carbocycles. The Morgan fingerprint density at radius 3 is 2.72 bits per heavy atom. The summed E-state index contributed by atoms with van der Waals surface area (Å²) in [5.41, 5.74) is 1.08. The number of aromatic nitrogens is 1. The third-order valence-corrected chi connectivity index (χ3v) is 7.56. The van der Waals surface area contributed by atoms with E-state index in [0.29, 0.717) is 12.3 Å². The molecule has 0 N–H and O–H groups in total. The Hall–Kier alpha value is -1.92. The van der Waals surface area contributed by atoms with E-state index in [1.807, 2.05) is 11.6 Å². The second-order valence-electron chi connectivity index (χ2n) is 8.72. The molecule has 0 bridgehead atoms. The lowest BCUT2D eigenvalue weighted by atomic mass is 9.76. The fourth-order valence-corrected chi connectivity index (χ4v) is 5.84. The van der Waals surface area contributed by atoms with Gasteiger partial charge in [-0.3, -0.25) is 9.69 Å². The summed E-state index contributed by atoms with van der Waals surface area (Å²) in [7, 11) is 0. The van der Waals surface area contributed by atoms with Gasteiger partial charge in [-0.15, -0.1) is 11.3 Å². The zero-order valence-corrected chi connectivity index (χ0v) is 17.7. The summed E-state index contributed by atoms with van der Waals surface area (Å²) in [6.07, 6.45) is 7.78. The number of carbonyl (C=O) groups is 1. The Morgan fingerprint density at radius 2 is 1.97 bits per heavy atom. The lowest BCUT2D eigenvalue weighted by molar-refractivity contribution is -0.131. The molecule has 154 valence electrons. The minimum absolute atomic E-state index is 0.135. The minimum atomic E-state index is -0.135. The van der Waals surface area contributed by atoms with E-state index in [1.165, 1.54) is 10.6 Å². The van der Waals surface area contributed by atoms with Crippen molar-refractivity contribution >= 4 is 17.2 Å². The maximum absolute atomic E-state index is 12.9. The Balaban J connectivity index is 1.29. The summed E-state index contributed by atoms with van der Waals surface area (Å²) in [6, 6.07) is 8.37. The third kappa shape index (κ3) is 4.05. The van der Waals surface area contributed by atoms with Gasteiger partial charge in [0.2, 0.25) is 5.91 Å².